The molecule has 0 aromatic heterocycles. The lowest BCUT2D eigenvalue weighted by atomic mass is 10.1. The van der Waals surface area contributed by atoms with Crippen molar-refractivity contribution in [1.82, 2.24) is 0 Å². The first-order valence-electron chi connectivity index (χ1n) is 8.36. The molecule has 122 valence electrons. The first kappa shape index (κ1) is 15.9. The third-order valence-electron chi connectivity index (χ3n) is 4.47. The molecule has 1 aliphatic rings. The number of benzene rings is 2. The summed E-state index contributed by atoms with van der Waals surface area (Å²) in [6.07, 6.45) is 2.52. The van der Waals surface area contributed by atoms with Gasteiger partial charge in [0.15, 0.2) is 0 Å². The SMILES string of the molecule is Cc1cccc(NCc2ccc(OCC3CCCO3)cc2)c1C. The van der Waals surface area contributed by atoms with Crippen molar-refractivity contribution < 1.29 is 9.47 Å². The maximum atomic E-state index is 5.80. The van der Waals surface area contributed by atoms with Gasteiger partial charge in [-0.05, 0) is 61.6 Å². The van der Waals surface area contributed by atoms with Crippen LogP contribution in [0.3, 0.4) is 0 Å². The number of ether oxygens (including phenoxy) is 2. The highest BCUT2D eigenvalue weighted by atomic mass is 16.5. The van der Waals surface area contributed by atoms with Crippen molar-refractivity contribution in [2.45, 2.75) is 39.3 Å². The Morgan fingerprint density at radius 3 is 2.70 bits per heavy atom. The summed E-state index contributed by atoms with van der Waals surface area (Å²) < 4.78 is 11.4. The van der Waals surface area contributed by atoms with E-state index >= 15 is 0 Å². The zero-order valence-corrected chi connectivity index (χ0v) is 14.0. The average Bonchev–Trinajstić information content (AvgIpc) is 3.09. The van der Waals surface area contributed by atoms with Gasteiger partial charge in [-0.15, -0.1) is 0 Å². The number of nitrogens with one attached hydrogen (secondary N) is 1. The second-order valence-electron chi connectivity index (χ2n) is 6.19. The van der Waals surface area contributed by atoms with Crippen molar-refractivity contribution in [3.8, 4) is 5.75 Å². The van der Waals surface area contributed by atoms with Crippen LogP contribution in [-0.2, 0) is 11.3 Å². The fourth-order valence-corrected chi connectivity index (χ4v) is 2.81. The van der Waals surface area contributed by atoms with Gasteiger partial charge in [0.05, 0.1) is 6.10 Å². The lowest BCUT2D eigenvalue weighted by molar-refractivity contribution is 0.0679. The van der Waals surface area contributed by atoms with E-state index in [9.17, 15) is 0 Å². The molecule has 1 saturated heterocycles. The van der Waals surface area contributed by atoms with Gasteiger partial charge in [-0.3, -0.25) is 0 Å². The summed E-state index contributed by atoms with van der Waals surface area (Å²) in [6, 6.07) is 14.7. The smallest absolute Gasteiger partial charge is 0.119 e. The summed E-state index contributed by atoms with van der Waals surface area (Å²) in [7, 11) is 0. The third-order valence-corrected chi connectivity index (χ3v) is 4.47. The van der Waals surface area contributed by atoms with Crippen LogP contribution in [0.1, 0.15) is 29.5 Å². The number of hydrogen-bond donors (Lipinski definition) is 1. The Hall–Kier alpha value is -2.00. The number of anilines is 1. The standard InChI is InChI=1S/C20H25NO2/c1-15-5-3-7-20(16(15)2)21-13-17-8-10-18(11-9-17)23-14-19-6-4-12-22-19/h3,5,7-11,19,21H,4,6,12-14H2,1-2H3. The molecule has 0 bridgehead atoms. The topological polar surface area (TPSA) is 30.5 Å². The fraction of sp³-hybridized carbons (Fsp3) is 0.400. The third kappa shape index (κ3) is 4.26. The Morgan fingerprint density at radius 2 is 1.96 bits per heavy atom. The molecule has 3 heteroatoms. The lowest BCUT2D eigenvalue weighted by Crippen LogP contribution is -2.16. The van der Waals surface area contributed by atoms with Crippen LogP contribution in [-0.4, -0.2) is 19.3 Å². The van der Waals surface area contributed by atoms with E-state index in [0.717, 1.165) is 31.7 Å². The van der Waals surface area contributed by atoms with Crippen LogP contribution in [0, 0.1) is 13.8 Å². The Kier molecular flexibility index (Phi) is 5.19. The van der Waals surface area contributed by atoms with Gasteiger partial charge in [0, 0.05) is 18.8 Å². The van der Waals surface area contributed by atoms with E-state index in [0.29, 0.717) is 6.61 Å². The largest absolute Gasteiger partial charge is 0.491 e. The van der Waals surface area contributed by atoms with E-state index in [2.05, 4.69) is 49.5 Å². The van der Waals surface area contributed by atoms with Crippen LogP contribution in [0.4, 0.5) is 5.69 Å². The molecule has 0 saturated carbocycles. The van der Waals surface area contributed by atoms with E-state index in [-0.39, 0.29) is 6.10 Å². The highest BCUT2D eigenvalue weighted by Crippen LogP contribution is 2.20. The maximum Gasteiger partial charge on any atom is 0.119 e. The molecule has 0 amide bonds. The molecule has 1 N–H and O–H groups in total. The highest BCUT2D eigenvalue weighted by Gasteiger charge is 2.15. The van der Waals surface area contributed by atoms with Crippen molar-refractivity contribution in [2.75, 3.05) is 18.5 Å². The molecular weight excluding hydrogens is 286 g/mol. The van der Waals surface area contributed by atoms with Gasteiger partial charge in [0.25, 0.3) is 0 Å². The van der Waals surface area contributed by atoms with Crippen molar-refractivity contribution in [1.29, 1.82) is 0 Å². The molecule has 0 radical (unpaired) electrons. The zero-order valence-electron chi connectivity index (χ0n) is 14.0. The van der Waals surface area contributed by atoms with Gasteiger partial charge >= 0.3 is 0 Å². The average molecular weight is 311 g/mol. The van der Waals surface area contributed by atoms with E-state index in [4.69, 9.17) is 9.47 Å². The predicted molar refractivity (Wildman–Crippen MR) is 94.2 cm³/mol. The van der Waals surface area contributed by atoms with Crippen LogP contribution < -0.4 is 10.1 Å². The highest BCUT2D eigenvalue weighted by molar-refractivity contribution is 5.54. The Balaban J connectivity index is 1.51. The van der Waals surface area contributed by atoms with Crippen molar-refractivity contribution in [2.24, 2.45) is 0 Å². The molecule has 1 aliphatic heterocycles. The van der Waals surface area contributed by atoms with Gasteiger partial charge in [0.2, 0.25) is 0 Å². The first-order valence-corrected chi connectivity index (χ1v) is 8.36. The molecule has 1 heterocycles. The van der Waals surface area contributed by atoms with Crippen LogP contribution in [0.25, 0.3) is 0 Å². The molecule has 0 spiro atoms. The normalized spacial score (nSPS) is 17.2. The summed E-state index contributed by atoms with van der Waals surface area (Å²) in [5.74, 6) is 0.913. The number of hydrogen-bond acceptors (Lipinski definition) is 3. The van der Waals surface area contributed by atoms with E-state index in [1.54, 1.807) is 0 Å². The Morgan fingerprint density at radius 1 is 1.13 bits per heavy atom. The molecule has 2 aromatic carbocycles. The van der Waals surface area contributed by atoms with Gasteiger partial charge in [0.1, 0.15) is 12.4 Å². The van der Waals surface area contributed by atoms with Gasteiger partial charge in [-0.2, -0.15) is 0 Å². The molecule has 3 rings (SSSR count). The van der Waals surface area contributed by atoms with Crippen LogP contribution in [0.5, 0.6) is 5.75 Å². The second-order valence-corrected chi connectivity index (χ2v) is 6.19. The zero-order chi connectivity index (χ0) is 16.1. The molecule has 2 aromatic rings. The summed E-state index contributed by atoms with van der Waals surface area (Å²) in [5, 5.41) is 3.51. The minimum absolute atomic E-state index is 0.264. The molecule has 1 unspecified atom stereocenters. The molecule has 1 fully saturated rings. The van der Waals surface area contributed by atoms with Crippen molar-refractivity contribution >= 4 is 5.69 Å². The minimum Gasteiger partial charge on any atom is -0.491 e. The van der Waals surface area contributed by atoms with Crippen molar-refractivity contribution in [3.63, 3.8) is 0 Å². The van der Waals surface area contributed by atoms with Gasteiger partial charge in [-0.1, -0.05) is 24.3 Å². The number of rotatable bonds is 6. The molecule has 3 nitrogen and oxygen atoms in total. The quantitative estimate of drug-likeness (QED) is 0.853. The van der Waals surface area contributed by atoms with Crippen molar-refractivity contribution in [3.05, 3.63) is 59.2 Å². The summed E-state index contributed by atoms with van der Waals surface area (Å²) in [6.45, 7) is 6.63. The predicted octanol–water partition coefficient (Wildman–Crippen LogP) is 4.47. The van der Waals surface area contributed by atoms with Crippen LogP contribution in [0.2, 0.25) is 0 Å². The van der Waals surface area contributed by atoms with Crippen LogP contribution >= 0.6 is 0 Å². The minimum atomic E-state index is 0.264. The Labute approximate surface area is 138 Å². The van der Waals surface area contributed by atoms with E-state index in [1.165, 1.54) is 22.4 Å². The van der Waals surface area contributed by atoms with Gasteiger partial charge in [-0.25, -0.2) is 0 Å². The van der Waals surface area contributed by atoms with Gasteiger partial charge < -0.3 is 14.8 Å². The fourth-order valence-electron chi connectivity index (χ4n) is 2.81. The lowest BCUT2D eigenvalue weighted by Gasteiger charge is -2.13. The summed E-state index contributed by atoms with van der Waals surface area (Å²) in [4.78, 5) is 0. The van der Waals surface area contributed by atoms with E-state index in [1.807, 2.05) is 12.1 Å². The molecule has 1 atom stereocenters. The molecular formula is C20H25NO2. The Bertz CT molecular complexity index is 631. The summed E-state index contributed by atoms with van der Waals surface area (Å²) >= 11 is 0. The summed E-state index contributed by atoms with van der Waals surface area (Å²) in [5.41, 5.74) is 5.07. The van der Waals surface area contributed by atoms with Crippen LogP contribution in [0.15, 0.2) is 42.5 Å². The number of aryl methyl sites for hydroxylation is 1. The first-order chi connectivity index (χ1) is 11.2. The monoisotopic (exact) mass is 311 g/mol. The van der Waals surface area contributed by atoms with E-state index < -0.39 is 0 Å². The second kappa shape index (κ2) is 7.51. The molecule has 0 aliphatic carbocycles. The maximum absolute atomic E-state index is 5.80. The molecule has 23 heavy (non-hydrogen) atoms.